The number of primary amides is 1. The van der Waals surface area contributed by atoms with Gasteiger partial charge >= 0.3 is 0 Å². The molecule has 0 radical (unpaired) electrons. The fourth-order valence-corrected chi connectivity index (χ4v) is 1.75. The van der Waals surface area contributed by atoms with E-state index in [0.29, 0.717) is 18.8 Å². The van der Waals surface area contributed by atoms with E-state index in [1.165, 1.54) is 0 Å². The van der Waals surface area contributed by atoms with Crippen LogP contribution in [0.4, 0.5) is 11.4 Å². The molecule has 7 heteroatoms. The molecule has 0 aliphatic heterocycles. The first-order chi connectivity index (χ1) is 9.47. The van der Waals surface area contributed by atoms with Gasteiger partial charge in [0.2, 0.25) is 5.91 Å². The summed E-state index contributed by atoms with van der Waals surface area (Å²) >= 11 is 0. The predicted octanol–water partition coefficient (Wildman–Crippen LogP) is -0.433. The zero-order chi connectivity index (χ0) is 15.1. The second kappa shape index (κ2) is 7.34. The lowest BCUT2D eigenvalue weighted by atomic mass is 10.1. The molecular formula is C13H20N4O3. The number of hydrogen-bond donors (Lipinski definition) is 3. The van der Waals surface area contributed by atoms with Crippen molar-refractivity contribution in [2.24, 2.45) is 5.73 Å². The third-order valence-electron chi connectivity index (χ3n) is 2.77. The first-order valence-corrected chi connectivity index (χ1v) is 6.12. The van der Waals surface area contributed by atoms with Crippen LogP contribution in [0.3, 0.4) is 0 Å². The molecule has 1 aromatic rings. The van der Waals surface area contributed by atoms with E-state index < -0.39 is 5.91 Å². The number of nitrogen functional groups attached to an aromatic ring is 1. The lowest BCUT2D eigenvalue weighted by Gasteiger charge is -2.21. The van der Waals surface area contributed by atoms with E-state index in [-0.39, 0.29) is 23.7 Å². The molecule has 1 aromatic carbocycles. The van der Waals surface area contributed by atoms with E-state index >= 15 is 0 Å². The van der Waals surface area contributed by atoms with Crippen molar-refractivity contribution in [1.29, 1.82) is 0 Å². The van der Waals surface area contributed by atoms with Crippen LogP contribution in [0.1, 0.15) is 10.4 Å². The topological polar surface area (TPSA) is 111 Å². The predicted molar refractivity (Wildman–Crippen MR) is 77.5 cm³/mol. The molecule has 0 aliphatic rings. The van der Waals surface area contributed by atoms with Crippen molar-refractivity contribution < 1.29 is 14.3 Å². The van der Waals surface area contributed by atoms with E-state index in [0.717, 1.165) is 0 Å². The summed E-state index contributed by atoms with van der Waals surface area (Å²) in [5.74, 6) is -0.754. The van der Waals surface area contributed by atoms with Gasteiger partial charge in [-0.1, -0.05) is 6.07 Å². The number of likely N-dealkylation sites (N-methyl/N-ethyl adjacent to an activating group) is 1. The van der Waals surface area contributed by atoms with Gasteiger partial charge < -0.3 is 26.4 Å². The molecular weight excluding hydrogens is 260 g/mol. The highest BCUT2D eigenvalue weighted by Gasteiger charge is 2.14. The number of hydrogen-bond acceptors (Lipinski definition) is 5. The maximum Gasteiger partial charge on any atom is 0.250 e. The largest absolute Gasteiger partial charge is 0.396 e. The number of methoxy groups -OCH3 is 1. The fourth-order valence-electron chi connectivity index (χ4n) is 1.75. The Kier molecular flexibility index (Phi) is 5.79. The summed E-state index contributed by atoms with van der Waals surface area (Å²) in [5.41, 5.74) is 12.2. The molecule has 0 saturated carbocycles. The fraction of sp³-hybridized carbons (Fsp3) is 0.385. The number of nitrogens with zero attached hydrogens (tertiary/aromatic N) is 1. The summed E-state index contributed by atoms with van der Waals surface area (Å²) in [4.78, 5) is 24.6. The maximum absolute atomic E-state index is 11.7. The lowest BCUT2D eigenvalue weighted by Crippen LogP contribution is -2.37. The summed E-state index contributed by atoms with van der Waals surface area (Å²) in [6.45, 7) is 1.02. The van der Waals surface area contributed by atoms with Crippen LogP contribution < -0.4 is 21.7 Å². The molecule has 0 aliphatic carbocycles. The van der Waals surface area contributed by atoms with Crippen LogP contribution in [-0.4, -0.2) is 45.7 Å². The van der Waals surface area contributed by atoms with E-state index in [1.54, 1.807) is 37.3 Å². The van der Waals surface area contributed by atoms with Gasteiger partial charge in [-0.25, -0.2) is 0 Å². The van der Waals surface area contributed by atoms with Crippen molar-refractivity contribution >= 4 is 23.2 Å². The smallest absolute Gasteiger partial charge is 0.250 e. The van der Waals surface area contributed by atoms with Crippen LogP contribution in [0, 0.1) is 0 Å². The first-order valence-electron chi connectivity index (χ1n) is 6.12. The Labute approximate surface area is 117 Å². The second-order valence-electron chi connectivity index (χ2n) is 4.30. The summed E-state index contributed by atoms with van der Waals surface area (Å²) in [6, 6.07) is 4.95. The minimum absolute atomic E-state index is 0.121. The Morgan fingerprint density at radius 1 is 1.40 bits per heavy atom. The van der Waals surface area contributed by atoms with Crippen LogP contribution >= 0.6 is 0 Å². The highest BCUT2D eigenvalue weighted by Crippen LogP contribution is 2.25. The first kappa shape index (κ1) is 15.8. The van der Waals surface area contributed by atoms with E-state index in [4.69, 9.17) is 16.2 Å². The Bertz CT molecular complexity index is 491. The third kappa shape index (κ3) is 4.13. The molecule has 0 atom stereocenters. The number of carbonyl (C=O) groups excluding carboxylic acids is 2. The highest BCUT2D eigenvalue weighted by molar-refractivity contribution is 6.01. The molecule has 0 fully saturated rings. The van der Waals surface area contributed by atoms with Gasteiger partial charge in [0.25, 0.3) is 5.91 Å². The van der Waals surface area contributed by atoms with Crippen LogP contribution in [0.15, 0.2) is 18.2 Å². The van der Waals surface area contributed by atoms with Crippen LogP contribution in [0.25, 0.3) is 0 Å². The molecule has 0 unspecified atom stereocenters. The van der Waals surface area contributed by atoms with Crippen LogP contribution in [0.5, 0.6) is 0 Å². The monoisotopic (exact) mass is 280 g/mol. The highest BCUT2D eigenvalue weighted by atomic mass is 16.5. The number of amides is 2. The van der Waals surface area contributed by atoms with Gasteiger partial charge in [0, 0.05) is 20.7 Å². The van der Waals surface area contributed by atoms with Crippen LogP contribution in [-0.2, 0) is 9.53 Å². The molecule has 5 N–H and O–H groups in total. The summed E-state index contributed by atoms with van der Waals surface area (Å²) in [5, 5.41) is 2.70. The minimum atomic E-state index is -0.595. The Morgan fingerprint density at radius 2 is 2.10 bits per heavy atom. The van der Waals surface area contributed by atoms with E-state index in [1.807, 2.05) is 0 Å². The normalized spacial score (nSPS) is 10.1. The zero-order valence-electron chi connectivity index (χ0n) is 11.7. The Hall–Kier alpha value is -2.28. The minimum Gasteiger partial charge on any atom is -0.396 e. The molecule has 2 amide bonds. The molecule has 0 bridgehead atoms. The molecule has 20 heavy (non-hydrogen) atoms. The number of anilines is 2. The van der Waals surface area contributed by atoms with Crippen molar-refractivity contribution in [3.05, 3.63) is 23.8 Å². The molecule has 1 rings (SSSR count). The van der Waals surface area contributed by atoms with E-state index in [2.05, 4.69) is 5.32 Å². The van der Waals surface area contributed by atoms with Gasteiger partial charge in [0.15, 0.2) is 0 Å². The zero-order valence-corrected chi connectivity index (χ0v) is 11.7. The Morgan fingerprint density at radius 3 is 2.70 bits per heavy atom. The van der Waals surface area contributed by atoms with Gasteiger partial charge in [-0.3, -0.25) is 9.59 Å². The number of benzene rings is 1. The molecule has 110 valence electrons. The van der Waals surface area contributed by atoms with Crippen molar-refractivity contribution in [1.82, 2.24) is 5.32 Å². The number of nitrogens with one attached hydrogen (secondary N) is 1. The maximum atomic E-state index is 11.7. The molecule has 0 aromatic heterocycles. The summed E-state index contributed by atoms with van der Waals surface area (Å²) in [6.07, 6.45) is 0. The molecule has 7 nitrogen and oxygen atoms in total. The molecule has 0 spiro atoms. The Balaban J connectivity index is 2.72. The molecule has 0 heterocycles. The standard InChI is InChI=1S/C13H20N4O3/c1-17(8-11(18)16-6-7-20-2)10-5-3-4-9(12(10)14)13(15)19/h3-5H,6-8,14H2,1-2H3,(H2,15,19)(H,16,18). The third-order valence-corrected chi connectivity index (χ3v) is 2.77. The SMILES string of the molecule is COCCNC(=O)CN(C)c1cccc(C(N)=O)c1N. The van der Waals surface area contributed by atoms with Crippen LogP contribution in [0.2, 0.25) is 0 Å². The quantitative estimate of drug-likeness (QED) is 0.463. The van der Waals surface area contributed by atoms with Gasteiger partial charge in [-0.15, -0.1) is 0 Å². The number of para-hydroxylation sites is 1. The summed E-state index contributed by atoms with van der Waals surface area (Å²) < 4.78 is 4.84. The van der Waals surface area contributed by atoms with Crippen molar-refractivity contribution in [2.75, 3.05) is 44.5 Å². The van der Waals surface area contributed by atoms with Crippen molar-refractivity contribution in [2.45, 2.75) is 0 Å². The lowest BCUT2D eigenvalue weighted by molar-refractivity contribution is -0.119. The second-order valence-corrected chi connectivity index (χ2v) is 4.30. The number of nitrogens with two attached hydrogens (primary N) is 2. The average Bonchev–Trinajstić information content (AvgIpc) is 2.38. The average molecular weight is 280 g/mol. The number of rotatable bonds is 7. The van der Waals surface area contributed by atoms with E-state index in [9.17, 15) is 9.59 Å². The van der Waals surface area contributed by atoms with Gasteiger partial charge in [-0.2, -0.15) is 0 Å². The number of carbonyl (C=O) groups is 2. The van der Waals surface area contributed by atoms with Gasteiger partial charge in [0.05, 0.1) is 30.1 Å². The van der Waals surface area contributed by atoms with Crippen molar-refractivity contribution in [3.63, 3.8) is 0 Å². The van der Waals surface area contributed by atoms with Crippen molar-refractivity contribution in [3.8, 4) is 0 Å². The summed E-state index contributed by atoms with van der Waals surface area (Å²) in [7, 11) is 3.28. The molecule has 0 saturated heterocycles. The van der Waals surface area contributed by atoms with Gasteiger partial charge in [-0.05, 0) is 12.1 Å². The number of ether oxygens (including phenoxy) is 1. The van der Waals surface area contributed by atoms with Gasteiger partial charge in [0.1, 0.15) is 0 Å².